The molecule has 1 N–H and O–H groups in total. The number of hydrogen-bond acceptors (Lipinski definition) is 3. The summed E-state index contributed by atoms with van der Waals surface area (Å²) in [5, 5.41) is 3.17. The van der Waals surface area contributed by atoms with Crippen molar-refractivity contribution in [2.45, 2.75) is 12.8 Å². The lowest BCUT2D eigenvalue weighted by Crippen LogP contribution is -2.42. The first-order valence-corrected chi connectivity index (χ1v) is 6.69. The third-order valence-corrected chi connectivity index (χ3v) is 3.51. The molecule has 1 fully saturated rings. The van der Waals surface area contributed by atoms with E-state index in [1.807, 2.05) is 11.9 Å². The van der Waals surface area contributed by atoms with E-state index < -0.39 is 0 Å². The maximum absolute atomic E-state index is 12.2. The van der Waals surface area contributed by atoms with E-state index >= 15 is 0 Å². The first kappa shape index (κ1) is 15.5. The Labute approximate surface area is 122 Å². The highest BCUT2D eigenvalue weighted by molar-refractivity contribution is 9.10. The summed E-state index contributed by atoms with van der Waals surface area (Å²) in [6.45, 7) is 2.61. The summed E-state index contributed by atoms with van der Waals surface area (Å²) in [5.74, 6) is 0.967. The number of hydrogen-bond donors (Lipinski definition) is 1. The molecule has 6 heteroatoms. The molecule has 1 atom stereocenters. The Morgan fingerprint density at radius 3 is 3.00 bits per heavy atom. The van der Waals surface area contributed by atoms with Crippen molar-refractivity contribution in [2.75, 3.05) is 26.7 Å². The van der Waals surface area contributed by atoms with Crippen molar-refractivity contribution in [3.05, 3.63) is 22.6 Å². The SMILES string of the molecule is CNCC1CCCN(C(=O)c2ccc(Br)o2)C1.Cl. The van der Waals surface area contributed by atoms with Gasteiger partial charge in [0.2, 0.25) is 0 Å². The Kier molecular flexibility index (Phi) is 6.18. The Hall–Kier alpha value is -0.520. The fourth-order valence-electron chi connectivity index (χ4n) is 2.29. The van der Waals surface area contributed by atoms with Crippen LogP contribution in [0.4, 0.5) is 0 Å². The smallest absolute Gasteiger partial charge is 0.289 e. The molecule has 4 nitrogen and oxygen atoms in total. The summed E-state index contributed by atoms with van der Waals surface area (Å²) in [6, 6.07) is 3.47. The lowest BCUT2D eigenvalue weighted by atomic mass is 9.98. The molecule has 1 aliphatic rings. The van der Waals surface area contributed by atoms with Crippen molar-refractivity contribution in [3.63, 3.8) is 0 Å². The van der Waals surface area contributed by atoms with Crippen molar-refractivity contribution in [3.8, 4) is 0 Å². The molecule has 0 bridgehead atoms. The number of halogens is 2. The van der Waals surface area contributed by atoms with Crippen molar-refractivity contribution >= 4 is 34.2 Å². The quantitative estimate of drug-likeness (QED) is 0.922. The largest absolute Gasteiger partial charge is 0.444 e. The molecule has 18 heavy (non-hydrogen) atoms. The summed E-state index contributed by atoms with van der Waals surface area (Å²) in [5.41, 5.74) is 0. The topological polar surface area (TPSA) is 45.5 Å². The summed E-state index contributed by atoms with van der Waals surface area (Å²) < 4.78 is 5.91. The van der Waals surface area contributed by atoms with Gasteiger partial charge < -0.3 is 14.6 Å². The molecule has 1 aromatic rings. The molecule has 0 radical (unpaired) electrons. The molecular formula is C12H18BrClN2O2. The normalized spacial score (nSPS) is 19.4. The van der Waals surface area contributed by atoms with Crippen LogP contribution < -0.4 is 5.32 Å². The third-order valence-electron chi connectivity index (χ3n) is 3.08. The summed E-state index contributed by atoms with van der Waals surface area (Å²) >= 11 is 3.21. The van der Waals surface area contributed by atoms with E-state index in [0.717, 1.165) is 26.1 Å². The van der Waals surface area contributed by atoms with Crippen LogP contribution in [0.3, 0.4) is 0 Å². The van der Waals surface area contributed by atoms with Crippen LogP contribution in [-0.2, 0) is 0 Å². The number of nitrogens with zero attached hydrogens (tertiary/aromatic N) is 1. The molecule has 2 heterocycles. The first-order valence-electron chi connectivity index (χ1n) is 5.90. The van der Waals surface area contributed by atoms with Crippen LogP contribution in [0.1, 0.15) is 23.4 Å². The van der Waals surface area contributed by atoms with E-state index in [1.54, 1.807) is 12.1 Å². The molecule has 0 spiro atoms. The fraction of sp³-hybridized carbons (Fsp3) is 0.583. The number of likely N-dealkylation sites (tertiary alicyclic amines) is 1. The highest BCUT2D eigenvalue weighted by atomic mass is 79.9. The molecule has 0 aromatic carbocycles. The summed E-state index contributed by atoms with van der Waals surface area (Å²) in [4.78, 5) is 14.0. The zero-order chi connectivity index (χ0) is 12.3. The highest BCUT2D eigenvalue weighted by Crippen LogP contribution is 2.20. The van der Waals surface area contributed by atoms with Gasteiger partial charge in [-0.05, 0) is 60.4 Å². The van der Waals surface area contributed by atoms with Crippen molar-refractivity contribution in [1.29, 1.82) is 0 Å². The standard InChI is InChI=1S/C12H17BrN2O2.ClH/c1-14-7-9-3-2-6-15(8-9)12(16)10-4-5-11(13)17-10;/h4-5,9,14H,2-3,6-8H2,1H3;1H. The average Bonchev–Trinajstić information content (AvgIpc) is 2.76. The van der Waals surface area contributed by atoms with E-state index in [2.05, 4.69) is 21.2 Å². The predicted octanol–water partition coefficient (Wildman–Crippen LogP) is 2.54. The van der Waals surface area contributed by atoms with Gasteiger partial charge in [0.25, 0.3) is 5.91 Å². The number of rotatable bonds is 3. The van der Waals surface area contributed by atoms with Crippen molar-refractivity contribution in [2.24, 2.45) is 5.92 Å². The lowest BCUT2D eigenvalue weighted by Gasteiger charge is -2.32. The molecule has 1 unspecified atom stereocenters. The highest BCUT2D eigenvalue weighted by Gasteiger charge is 2.25. The second kappa shape index (κ2) is 7.16. The van der Waals surface area contributed by atoms with Gasteiger partial charge in [-0.25, -0.2) is 0 Å². The Morgan fingerprint density at radius 1 is 1.61 bits per heavy atom. The number of amides is 1. The maximum Gasteiger partial charge on any atom is 0.289 e. The van der Waals surface area contributed by atoms with Crippen LogP contribution in [-0.4, -0.2) is 37.5 Å². The molecule has 102 valence electrons. The van der Waals surface area contributed by atoms with Crippen LogP contribution in [0, 0.1) is 5.92 Å². The molecule has 1 aliphatic heterocycles. The summed E-state index contributed by atoms with van der Waals surface area (Å²) in [6.07, 6.45) is 2.26. The Bertz CT molecular complexity index is 395. The van der Waals surface area contributed by atoms with E-state index in [4.69, 9.17) is 4.42 Å². The molecule has 1 amide bonds. The Balaban J connectivity index is 0.00000162. The van der Waals surface area contributed by atoms with Crippen LogP contribution in [0.5, 0.6) is 0 Å². The minimum Gasteiger partial charge on any atom is -0.444 e. The minimum atomic E-state index is -0.00324. The molecule has 1 aromatic heterocycles. The monoisotopic (exact) mass is 336 g/mol. The number of carbonyl (C=O) groups excluding carboxylic acids is 1. The van der Waals surface area contributed by atoms with Crippen LogP contribution >= 0.6 is 28.3 Å². The van der Waals surface area contributed by atoms with Gasteiger partial charge in [-0.15, -0.1) is 12.4 Å². The average molecular weight is 338 g/mol. The van der Waals surface area contributed by atoms with Gasteiger partial charge >= 0.3 is 0 Å². The van der Waals surface area contributed by atoms with E-state index in [-0.39, 0.29) is 18.3 Å². The first-order chi connectivity index (χ1) is 8.20. The second-order valence-electron chi connectivity index (χ2n) is 4.42. The second-order valence-corrected chi connectivity index (χ2v) is 5.20. The van der Waals surface area contributed by atoms with Crippen LogP contribution in [0.2, 0.25) is 0 Å². The van der Waals surface area contributed by atoms with Crippen LogP contribution in [0.25, 0.3) is 0 Å². The van der Waals surface area contributed by atoms with E-state index in [1.165, 1.54) is 6.42 Å². The van der Waals surface area contributed by atoms with Gasteiger partial charge in [-0.1, -0.05) is 0 Å². The fourth-order valence-corrected chi connectivity index (χ4v) is 2.60. The molecule has 2 rings (SSSR count). The van der Waals surface area contributed by atoms with Gasteiger partial charge in [0.05, 0.1) is 0 Å². The zero-order valence-corrected chi connectivity index (χ0v) is 12.7. The lowest BCUT2D eigenvalue weighted by molar-refractivity contribution is 0.0641. The molecule has 1 saturated heterocycles. The molecule has 0 aliphatic carbocycles. The number of furan rings is 1. The van der Waals surface area contributed by atoms with Gasteiger partial charge in [0, 0.05) is 13.1 Å². The number of carbonyl (C=O) groups is 1. The van der Waals surface area contributed by atoms with Crippen molar-refractivity contribution in [1.82, 2.24) is 10.2 Å². The summed E-state index contributed by atoms with van der Waals surface area (Å²) in [7, 11) is 1.95. The van der Waals surface area contributed by atoms with E-state index in [9.17, 15) is 4.79 Å². The minimum absolute atomic E-state index is 0. The maximum atomic E-state index is 12.2. The van der Waals surface area contributed by atoms with Gasteiger partial charge in [-0.2, -0.15) is 0 Å². The van der Waals surface area contributed by atoms with Gasteiger partial charge in [0.1, 0.15) is 0 Å². The molecular weight excluding hydrogens is 320 g/mol. The number of piperidine rings is 1. The predicted molar refractivity (Wildman–Crippen MR) is 76.2 cm³/mol. The van der Waals surface area contributed by atoms with E-state index in [0.29, 0.717) is 16.3 Å². The van der Waals surface area contributed by atoms with Gasteiger partial charge in [-0.3, -0.25) is 4.79 Å². The Morgan fingerprint density at radius 2 is 2.39 bits per heavy atom. The number of nitrogens with one attached hydrogen (secondary N) is 1. The molecule has 0 saturated carbocycles. The zero-order valence-electron chi connectivity index (χ0n) is 10.3. The third kappa shape index (κ3) is 3.73. The van der Waals surface area contributed by atoms with Crippen LogP contribution in [0.15, 0.2) is 21.2 Å². The van der Waals surface area contributed by atoms with Crippen molar-refractivity contribution < 1.29 is 9.21 Å². The van der Waals surface area contributed by atoms with Gasteiger partial charge in [0.15, 0.2) is 10.4 Å².